The molecule has 0 aromatic rings. The van der Waals surface area contributed by atoms with Crippen LogP contribution in [-0.2, 0) is 10.2 Å². The summed E-state index contributed by atoms with van der Waals surface area (Å²) in [6.45, 7) is 1.46. The second-order valence-corrected chi connectivity index (χ2v) is 5.85. The molecule has 2 unspecified atom stereocenters. The minimum atomic E-state index is -3.16. The van der Waals surface area contributed by atoms with E-state index in [-0.39, 0.29) is 0 Å². The second kappa shape index (κ2) is 3.22. The highest BCUT2D eigenvalue weighted by Gasteiger charge is 2.40. The third kappa shape index (κ3) is 1.60. The van der Waals surface area contributed by atoms with Crippen molar-refractivity contribution < 1.29 is 8.42 Å². The molecule has 0 bridgehead atoms. The van der Waals surface area contributed by atoms with E-state index in [2.05, 4.69) is 4.72 Å². The number of nitrogens with one attached hydrogen (secondary N) is 1. The molecule has 1 saturated carbocycles. The number of fused-ring (bicyclic) bond motifs is 1. The Morgan fingerprint density at radius 2 is 1.77 bits per heavy atom. The lowest BCUT2D eigenvalue weighted by atomic mass is 10.0. The van der Waals surface area contributed by atoms with E-state index in [1.807, 2.05) is 0 Å². The molecule has 0 spiro atoms. The van der Waals surface area contributed by atoms with Gasteiger partial charge >= 0.3 is 0 Å². The van der Waals surface area contributed by atoms with Crippen LogP contribution in [0.5, 0.6) is 0 Å². The summed E-state index contributed by atoms with van der Waals surface area (Å²) >= 11 is 0. The lowest BCUT2D eigenvalue weighted by Gasteiger charge is -2.15. The molecule has 2 fully saturated rings. The zero-order chi connectivity index (χ0) is 9.47. The van der Waals surface area contributed by atoms with Crippen molar-refractivity contribution in [1.82, 2.24) is 9.03 Å². The van der Waals surface area contributed by atoms with Gasteiger partial charge < -0.3 is 0 Å². The van der Waals surface area contributed by atoms with Crippen LogP contribution in [0.2, 0.25) is 0 Å². The third-order valence-corrected chi connectivity index (χ3v) is 4.78. The van der Waals surface area contributed by atoms with Crippen molar-refractivity contribution in [2.75, 3.05) is 20.1 Å². The van der Waals surface area contributed by atoms with Gasteiger partial charge in [-0.2, -0.15) is 12.7 Å². The van der Waals surface area contributed by atoms with Crippen LogP contribution in [0.1, 0.15) is 19.3 Å². The van der Waals surface area contributed by atoms with Gasteiger partial charge in [0, 0.05) is 20.1 Å². The molecule has 5 heteroatoms. The maximum absolute atomic E-state index is 11.4. The fraction of sp³-hybridized carbons (Fsp3) is 1.00. The summed E-state index contributed by atoms with van der Waals surface area (Å²) < 4.78 is 26.9. The van der Waals surface area contributed by atoms with Crippen LogP contribution in [0.15, 0.2) is 0 Å². The first-order valence-corrected chi connectivity index (χ1v) is 6.26. The van der Waals surface area contributed by atoms with Gasteiger partial charge in [0.25, 0.3) is 10.2 Å². The van der Waals surface area contributed by atoms with Gasteiger partial charge in [-0.25, -0.2) is 4.72 Å². The van der Waals surface area contributed by atoms with E-state index < -0.39 is 10.2 Å². The van der Waals surface area contributed by atoms with E-state index in [4.69, 9.17) is 0 Å². The van der Waals surface area contributed by atoms with Gasteiger partial charge in [-0.05, 0) is 24.7 Å². The monoisotopic (exact) mass is 204 g/mol. The molecule has 2 atom stereocenters. The van der Waals surface area contributed by atoms with Gasteiger partial charge in [0.2, 0.25) is 0 Å². The van der Waals surface area contributed by atoms with Gasteiger partial charge in [-0.3, -0.25) is 0 Å². The van der Waals surface area contributed by atoms with Crippen LogP contribution in [0, 0.1) is 11.8 Å². The van der Waals surface area contributed by atoms with Gasteiger partial charge in [-0.15, -0.1) is 0 Å². The average Bonchev–Trinajstić information content (AvgIpc) is 2.61. The quantitative estimate of drug-likeness (QED) is 0.697. The molecule has 1 heterocycles. The van der Waals surface area contributed by atoms with Crippen LogP contribution >= 0.6 is 0 Å². The van der Waals surface area contributed by atoms with Crippen LogP contribution < -0.4 is 4.72 Å². The Kier molecular flexibility index (Phi) is 2.33. The van der Waals surface area contributed by atoms with Crippen molar-refractivity contribution >= 4 is 10.2 Å². The lowest BCUT2D eigenvalue weighted by Crippen LogP contribution is -2.37. The Labute approximate surface area is 79.5 Å². The van der Waals surface area contributed by atoms with E-state index in [0.29, 0.717) is 11.8 Å². The normalized spacial score (nSPS) is 35.2. The molecule has 0 aromatic heterocycles. The number of nitrogens with zero attached hydrogens (tertiary/aromatic N) is 1. The molecule has 1 aliphatic carbocycles. The highest BCUT2D eigenvalue weighted by molar-refractivity contribution is 7.87. The molecule has 0 aromatic carbocycles. The van der Waals surface area contributed by atoms with Crippen molar-refractivity contribution in [2.45, 2.75) is 19.3 Å². The zero-order valence-corrected chi connectivity index (χ0v) is 8.68. The zero-order valence-electron chi connectivity index (χ0n) is 7.86. The number of rotatable bonds is 2. The van der Waals surface area contributed by atoms with Crippen molar-refractivity contribution in [3.8, 4) is 0 Å². The van der Waals surface area contributed by atoms with E-state index >= 15 is 0 Å². The molecule has 1 saturated heterocycles. The predicted molar refractivity (Wildman–Crippen MR) is 50.4 cm³/mol. The molecule has 0 radical (unpaired) electrons. The van der Waals surface area contributed by atoms with Gasteiger partial charge in [0.05, 0.1) is 0 Å². The highest BCUT2D eigenvalue weighted by atomic mass is 32.2. The minimum absolute atomic E-state index is 0.628. The minimum Gasteiger partial charge on any atom is -0.205 e. The van der Waals surface area contributed by atoms with Gasteiger partial charge in [-0.1, -0.05) is 6.42 Å². The van der Waals surface area contributed by atoms with E-state index in [1.165, 1.54) is 26.3 Å². The predicted octanol–water partition coefficient (Wildman–Crippen LogP) is 0.182. The van der Waals surface area contributed by atoms with Crippen LogP contribution in [-0.4, -0.2) is 32.9 Å². The van der Waals surface area contributed by atoms with E-state index in [1.54, 1.807) is 4.31 Å². The molecule has 4 nitrogen and oxygen atoms in total. The molecule has 1 aliphatic heterocycles. The summed E-state index contributed by atoms with van der Waals surface area (Å²) in [5, 5.41) is 0. The standard InChI is InChI=1S/C8H16N2O2S/c1-9-13(11,12)10-5-7-3-2-4-8(7)6-10/h7-9H,2-6H2,1H3. The first-order chi connectivity index (χ1) is 6.13. The van der Waals surface area contributed by atoms with Crippen LogP contribution in [0.3, 0.4) is 0 Å². The van der Waals surface area contributed by atoms with Gasteiger partial charge in [0.1, 0.15) is 0 Å². The fourth-order valence-corrected chi connectivity index (χ4v) is 3.55. The van der Waals surface area contributed by atoms with E-state index in [9.17, 15) is 8.42 Å². The number of hydrogen-bond acceptors (Lipinski definition) is 2. The third-order valence-electron chi connectivity index (χ3n) is 3.29. The Morgan fingerprint density at radius 3 is 2.23 bits per heavy atom. The highest BCUT2D eigenvalue weighted by Crippen LogP contribution is 2.38. The summed E-state index contributed by atoms with van der Waals surface area (Å²) in [6, 6.07) is 0. The Morgan fingerprint density at radius 1 is 1.23 bits per heavy atom. The average molecular weight is 204 g/mol. The smallest absolute Gasteiger partial charge is 0.205 e. The summed E-state index contributed by atoms with van der Waals surface area (Å²) in [5.41, 5.74) is 0. The maximum Gasteiger partial charge on any atom is 0.279 e. The Balaban J connectivity index is 2.07. The first kappa shape index (κ1) is 9.43. The van der Waals surface area contributed by atoms with Crippen molar-refractivity contribution in [2.24, 2.45) is 11.8 Å². The van der Waals surface area contributed by atoms with E-state index in [0.717, 1.165) is 13.1 Å². The van der Waals surface area contributed by atoms with Crippen LogP contribution in [0.25, 0.3) is 0 Å². The molecular weight excluding hydrogens is 188 g/mol. The fourth-order valence-electron chi connectivity index (χ4n) is 2.52. The molecule has 0 amide bonds. The molecular formula is C8H16N2O2S. The maximum atomic E-state index is 11.4. The summed E-state index contributed by atoms with van der Waals surface area (Å²) in [4.78, 5) is 0. The Bertz CT molecular complexity index is 277. The second-order valence-electron chi connectivity index (χ2n) is 3.98. The summed E-state index contributed by atoms with van der Waals surface area (Å²) in [7, 11) is -1.68. The molecule has 2 rings (SSSR count). The topological polar surface area (TPSA) is 49.4 Å². The molecule has 1 N–H and O–H groups in total. The van der Waals surface area contributed by atoms with Crippen molar-refractivity contribution in [3.63, 3.8) is 0 Å². The summed E-state index contributed by atoms with van der Waals surface area (Å²) in [6.07, 6.45) is 3.70. The van der Waals surface area contributed by atoms with Crippen LogP contribution in [0.4, 0.5) is 0 Å². The largest absolute Gasteiger partial charge is 0.279 e. The first-order valence-electron chi connectivity index (χ1n) is 4.82. The lowest BCUT2D eigenvalue weighted by molar-refractivity contribution is 0.439. The Hall–Kier alpha value is -0.130. The number of hydrogen-bond donors (Lipinski definition) is 1. The van der Waals surface area contributed by atoms with Crippen molar-refractivity contribution in [1.29, 1.82) is 0 Å². The summed E-state index contributed by atoms with van der Waals surface area (Å²) in [5.74, 6) is 1.26. The molecule has 2 aliphatic rings. The molecule has 13 heavy (non-hydrogen) atoms. The van der Waals surface area contributed by atoms with Crippen molar-refractivity contribution in [3.05, 3.63) is 0 Å². The van der Waals surface area contributed by atoms with Gasteiger partial charge in [0.15, 0.2) is 0 Å². The SMILES string of the molecule is CNS(=O)(=O)N1CC2CCCC2C1. The molecule has 76 valence electrons.